The molecule has 0 aromatic carbocycles. The maximum Gasteiger partial charge on any atom is 0.397 e. The van der Waals surface area contributed by atoms with E-state index in [9.17, 15) is 4.79 Å². The lowest BCUT2D eigenvalue weighted by Gasteiger charge is -1.99. The molecule has 15 heavy (non-hydrogen) atoms. The predicted molar refractivity (Wildman–Crippen MR) is 56.7 cm³/mol. The molecule has 1 aromatic heterocycles. The van der Waals surface area contributed by atoms with Crippen LogP contribution in [0.3, 0.4) is 0 Å². The molecule has 0 amide bonds. The zero-order valence-corrected chi connectivity index (χ0v) is 9.84. The SMILES string of the molecule is CCOC(=O)c1nc(CSC(C)C)no1. The predicted octanol–water partition coefficient (Wildman–Crippen LogP) is 1.89. The standard InChI is InChI=1S/C9H14N2O3S/c1-4-13-9(12)8-10-7(11-14-8)5-15-6(2)3/h6H,4-5H2,1-3H3. The van der Waals surface area contributed by atoms with Gasteiger partial charge in [-0.1, -0.05) is 19.0 Å². The van der Waals surface area contributed by atoms with E-state index in [-0.39, 0.29) is 5.89 Å². The first kappa shape index (κ1) is 12.0. The molecule has 1 heterocycles. The number of rotatable bonds is 5. The summed E-state index contributed by atoms with van der Waals surface area (Å²) in [5.74, 6) is 0.527. The highest BCUT2D eigenvalue weighted by molar-refractivity contribution is 7.99. The highest BCUT2D eigenvalue weighted by Gasteiger charge is 2.15. The number of carbonyl (C=O) groups excluding carboxylic acids is 1. The van der Waals surface area contributed by atoms with Crippen LogP contribution in [0.4, 0.5) is 0 Å². The fourth-order valence-electron chi connectivity index (χ4n) is 0.830. The van der Waals surface area contributed by atoms with E-state index < -0.39 is 5.97 Å². The Kier molecular flexibility index (Phi) is 4.61. The van der Waals surface area contributed by atoms with Gasteiger partial charge < -0.3 is 9.26 Å². The zero-order chi connectivity index (χ0) is 11.3. The van der Waals surface area contributed by atoms with Crippen molar-refractivity contribution < 1.29 is 14.1 Å². The summed E-state index contributed by atoms with van der Waals surface area (Å²) in [5.41, 5.74) is 0. The lowest BCUT2D eigenvalue weighted by atomic mass is 10.6. The molecular weight excluding hydrogens is 216 g/mol. The van der Waals surface area contributed by atoms with Crippen LogP contribution in [-0.2, 0) is 10.5 Å². The summed E-state index contributed by atoms with van der Waals surface area (Å²) in [6, 6.07) is 0. The molecular formula is C9H14N2O3S. The quantitative estimate of drug-likeness (QED) is 0.720. The number of ether oxygens (including phenoxy) is 1. The number of esters is 1. The van der Waals surface area contributed by atoms with Gasteiger partial charge >= 0.3 is 11.9 Å². The summed E-state index contributed by atoms with van der Waals surface area (Å²) in [5, 5.41) is 4.18. The van der Waals surface area contributed by atoms with Gasteiger partial charge in [0.15, 0.2) is 5.82 Å². The summed E-state index contributed by atoms with van der Waals surface area (Å²) in [6.45, 7) is 6.19. The number of hydrogen-bond donors (Lipinski definition) is 0. The molecule has 0 atom stereocenters. The van der Waals surface area contributed by atoms with E-state index in [0.717, 1.165) is 0 Å². The van der Waals surface area contributed by atoms with Crippen molar-refractivity contribution in [2.45, 2.75) is 31.8 Å². The highest BCUT2D eigenvalue weighted by Crippen LogP contribution is 2.14. The lowest BCUT2D eigenvalue weighted by Crippen LogP contribution is -2.04. The molecule has 0 aliphatic rings. The van der Waals surface area contributed by atoms with E-state index in [4.69, 9.17) is 9.26 Å². The summed E-state index contributed by atoms with van der Waals surface area (Å²) in [6.07, 6.45) is 0. The summed E-state index contributed by atoms with van der Waals surface area (Å²) in [7, 11) is 0. The molecule has 0 radical (unpaired) electrons. The molecule has 1 aromatic rings. The van der Waals surface area contributed by atoms with Crippen molar-refractivity contribution in [3.8, 4) is 0 Å². The maximum absolute atomic E-state index is 11.2. The van der Waals surface area contributed by atoms with Gasteiger partial charge in [0.2, 0.25) is 0 Å². The Morgan fingerprint density at radius 1 is 1.60 bits per heavy atom. The minimum absolute atomic E-state index is 0.0730. The molecule has 0 aliphatic heterocycles. The number of nitrogens with zero attached hydrogens (tertiary/aromatic N) is 2. The second-order valence-electron chi connectivity index (χ2n) is 3.10. The van der Waals surface area contributed by atoms with Crippen molar-refractivity contribution in [3.05, 3.63) is 11.7 Å². The van der Waals surface area contributed by atoms with Gasteiger partial charge in [-0.3, -0.25) is 0 Å². The molecule has 0 unspecified atom stereocenters. The Hall–Kier alpha value is -1.04. The van der Waals surface area contributed by atoms with Crippen molar-refractivity contribution in [3.63, 3.8) is 0 Å². The van der Waals surface area contributed by atoms with Crippen molar-refractivity contribution in [2.75, 3.05) is 6.61 Å². The molecule has 84 valence electrons. The average molecular weight is 230 g/mol. The second-order valence-corrected chi connectivity index (χ2v) is 4.66. The molecule has 0 N–H and O–H groups in total. The van der Waals surface area contributed by atoms with Crippen LogP contribution in [0.25, 0.3) is 0 Å². The largest absolute Gasteiger partial charge is 0.459 e. The third kappa shape index (κ3) is 3.91. The molecule has 5 nitrogen and oxygen atoms in total. The van der Waals surface area contributed by atoms with Gasteiger partial charge in [-0.2, -0.15) is 16.7 Å². The van der Waals surface area contributed by atoms with E-state index in [1.54, 1.807) is 18.7 Å². The maximum atomic E-state index is 11.2. The third-order valence-corrected chi connectivity index (χ3v) is 2.56. The van der Waals surface area contributed by atoms with Crippen molar-refractivity contribution >= 4 is 17.7 Å². The van der Waals surface area contributed by atoms with Crippen LogP contribution in [0, 0.1) is 0 Å². The molecule has 0 saturated carbocycles. The molecule has 1 rings (SSSR count). The van der Waals surface area contributed by atoms with Crippen LogP contribution in [0.2, 0.25) is 0 Å². The molecule has 0 aliphatic carbocycles. The van der Waals surface area contributed by atoms with Crippen molar-refractivity contribution in [1.82, 2.24) is 10.1 Å². The van der Waals surface area contributed by atoms with Gasteiger partial charge in [-0.15, -0.1) is 0 Å². The molecule has 6 heteroatoms. The van der Waals surface area contributed by atoms with E-state index in [2.05, 4.69) is 24.0 Å². The minimum Gasteiger partial charge on any atom is -0.459 e. The summed E-state index contributed by atoms with van der Waals surface area (Å²) >= 11 is 1.69. The first-order valence-electron chi connectivity index (χ1n) is 4.74. The molecule has 0 saturated heterocycles. The van der Waals surface area contributed by atoms with Crippen LogP contribution in [0.1, 0.15) is 37.3 Å². The molecule has 0 fully saturated rings. The number of aromatic nitrogens is 2. The third-order valence-electron chi connectivity index (χ3n) is 1.46. The Balaban J connectivity index is 2.52. The van der Waals surface area contributed by atoms with Gasteiger partial charge in [0.05, 0.1) is 12.4 Å². The fraction of sp³-hybridized carbons (Fsp3) is 0.667. The van der Waals surface area contributed by atoms with Gasteiger partial charge in [0.25, 0.3) is 0 Å². The Morgan fingerprint density at radius 2 is 2.33 bits per heavy atom. The number of hydrogen-bond acceptors (Lipinski definition) is 6. The lowest BCUT2D eigenvalue weighted by molar-refractivity contribution is 0.0470. The normalized spacial score (nSPS) is 10.7. The minimum atomic E-state index is -0.564. The zero-order valence-electron chi connectivity index (χ0n) is 9.02. The second kappa shape index (κ2) is 5.75. The Morgan fingerprint density at radius 3 is 2.93 bits per heavy atom. The fourth-order valence-corrected chi connectivity index (χ4v) is 1.43. The Bertz CT molecular complexity index is 325. The van der Waals surface area contributed by atoms with E-state index in [1.165, 1.54) is 0 Å². The van der Waals surface area contributed by atoms with Crippen LogP contribution < -0.4 is 0 Å². The number of thioether (sulfide) groups is 1. The van der Waals surface area contributed by atoms with Gasteiger partial charge in [0.1, 0.15) is 0 Å². The summed E-state index contributed by atoms with van der Waals surface area (Å²) < 4.78 is 9.49. The van der Waals surface area contributed by atoms with Gasteiger partial charge in [-0.25, -0.2) is 4.79 Å². The van der Waals surface area contributed by atoms with E-state index >= 15 is 0 Å². The Labute approximate surface area is 92.6 Å². The van der Waals surface area contributed by atoms with Crippen molar-refractivity contribution in [1.29, 1.82) is 0 Å². The highest BCUT2D eigenvalue weighted by atomic mass is 32.2. The van der Waals surface area contributed by atoms with Crippen LogP contribution in [-0.4, -0.2) is 28.0 Å². The van der Waals surface area contributed by atoms with Crippen LogP contribution in [0.15, 0.2) is 4.52 Å². The van der Waals surface area contributed by atoms with Crippen LogP contribution in [0.5, 0.6) is 0 Å². The summed E-state index contributed by atoms with van der Waals surface area (Å²) in [4.78, 5) is 15.1. The topological polar surface area (TPSA) is 65.2 Å². The molecule has 0 bridgehead atoms. The van der Waals surface area contributed by atoms with Crippen molar-refractivity contribution in [2.24, 2.45) is 0 Å². The van der Waals surface area contributed by atoms with Crippen LogP contribution >= 0.6 is 11.8 Å². The van der Waals surface area contributed by atoms with E-state index in [0.29, 0.717) is 23.4 Å². The van der Waals surface area contributed by atoms with Gasteiger partial charge in [-0.05, 0) is 12.2 Å². The smallest absolute Gasteiger partial charge is 0.397 e. The first-order chi connectivity index (χ1) is 7.13. The van der Waals surface area contributed by atoms with Gasteiger partial charge in [0, 0.05) is 0 Å². The van der Waals surface area contributed by atoms with E-state index in [1.807, 2.05) is 0 Å². The molecule has 0 spiro atoms. The average Bonchev–Trinajstić information content (AvgIpc) is 2.63. The monoisotopic (exact) mass is 230 g/mol. The first-order valence-corrected chi connectivity index (χ1v) is 5.79. The number of carbonyl (C=O) groups is 1.